The van der Waals surface area contributed by atoms with E-state index in [0.29, 0.717) is 24.5 Å². The molecule has 1 fully saturated rings. The molecule has 0 saturated carbocycles. The standard InChI is InChI=1S/C30H30N8O/c1-3-11-24(12-4-1)32-28-33-29(35-30(34-28)37-17-9-10-18-37)36-31-21-23-22-38(27-16-8-7-15-26(23)27)19-20-39-25-13-5-2-6-14-25/h1-8,11-16,21-22H,9-10,17-20H2,(H2,32,33,34,35,36)/b31-21+. The van der Waals surface area contributed by atoms with Crippen LogP contribution in [0.1, 0.15) is 18.4 Å². The Morgan fingerprint density at radius 3 is 2.36 bits per heavy atom. The molecular formula is C30H30N8O. The third kappa shape index (κ3) is 5.98. The smallest absolute Gasteiger partial charge is 0.250 e. The fraction of sp³-hybridized carbons (Fsp3) is 0.200. The summed E-state index contributed by atoms with van der Waals surface area (Å²) in [6, 6.07) is 28.0. The van der Waals surface area contributed by atoms with Gasteiger partial charge in [0.05, 0.1) is 12.8 Å². The van der Waals surface area contributed by atoms with Gasteiger partial charge in [-0.15, -0.1) is 0 Å². The van der Waals surface area contributed by atoms with Crippen LogP contribution < -0.4 is 20.4 Å². The Kier molecular flexibility index (Phi) is 7.29. The van der Waals surface area contributed by atoms with E-state index in [0.717, 1.165) is 60.4 Å². The Hall–Kier alpha value is -4.92. The predicted octanol–water partition coefficient (Wildman–Crippen LogP) is 5.70. The molecule has 3 heterocycles. The van der Waals surface area contributed by atoms with Gasteiger partial charge in [-0.3, -0.25) is 0 Å². The average Bonchev–Trinajstić information content (AvgIpc) is 3.64. The van der Waals surface area contributed by atoms with Crippen molar-refractivity contribution in [2.24, 2.45) is 5.10 Å². The fourth-order valence-electron chi connectivity index (χ4n) is 4.68. The van der Waals surface area contributed by atoms with Crippen LogP contribution in [0.3, 0.4) is 0 Å². The number of para-hydroxylation sites is 3. The minimum Gasteiger partial charge on any atom is -0.492 e. The molecule has 0 amide bonds. The fourth-order valence-corrected chi connectivity index (χ4v) is 4.68. The number of hydrogen-bond acceptors (Lipinski definition) is 8. The molecule has 9 nitrogen and oxygen atoms in total. The van der Waals surface area contributed by atoms with E-state index in [-0.39, 0.29) is 0 Å². The highest BCUT2D eigenvalue weighted by Gasteiger charge is 2.17. The summed E-state index contributed by atoms with van der Waals surface area (Å²) in [5, 5.41) is 8.89. The molecule has 9 heteroatoms. The highest BCUT2D eigenvalue weighted by molar-refractivity contribution is 5.99. The van der Waals surface area contributed by atoms with Crippen molar-refractivity contribution < 1.29 is 4.74 Å². The zero-order valence-electron chi connectivity index (χ0n) is 21.6. The lowest BCUT2D eigenvalue weighted by atomic mass is 10.2. The molecule has 0 aliphatic carbocycles. The number of anilines is 4. The van der Waals surface area contributed by atoms with Crippen LogP contribution in [-0.4, -0.2) is 45.4 Å². The number of ether oxygens (including phenoxy) is 1. The maximum atomic E-state index is 5.92. The Morgan fingerprint density at radius 2 is 1.54 bits per heavy atom. The van der Waals surface area contributed by atoms with Gasteiger partial charge in [0.15, 0.2) is 0 Å². The van der Waals surface area contributed by atoms with Gasteiger partial charge in [0.25, 0.3) is 0 Å². The van der Waals surface area contributed by atoms with Crippen molar-refractivity contribution in [3.63, 3.8) is 0 Å². The van der Waals surface area contributed by atoms with E-state index >= 15 is 0 Å². The zero-order valence-corrected chi connectivity index (χ0v) is 21.6. The molecule has 0 bridgehead atoms. The summed E-state index contributed by atoms with van der Waals surface area (Å²) in [5.41, 5.74) is 6.06. The summed E-state index contributed by atoms with van der Waals surface area (Å²) < 4.78 is 8.11. The maximum Gasteiger partial charge on any atom is 0.250 e. The zero-order chi connectivity index (χ0) is 26.3. The van der Waals surface area contributed by atoms with Gasteiger partial charge in [-0.2, -0.15) is 20.1 Å². The molecule has 2 aromatic heterocycles. The Bertz CT molecular complexity index is 1550. The minimum atomic E-state index is 0.390. The van der Waals surface area contributed by atoms with E-state index in [1.165, 1.54) is 0 Å². The molecule has 2 N–H and O–H groups in total. The largest absolute Gasteiger partial charge is 0.492 e. The second-order valence-corrected chi connectivity index (χ2v) is 9.29. The topological polar surface area (TPSA) is 92.5 Å². The first-order valence-corrected chi connectivity index (χ1v) is 13.2. The van der Waals surface area contributed by atoms with Gasteiger partial charge in [0, 0.05) is 41.4 Å². The quantitative estimate of drug-likeness (QED) is 0.181. The van der Waals surface area contributed by atoms with Crippen LogP contribution in [0.25, 0.3) is 10.9 Å². The van der Waals surface area contributed by atoms with E-state index in [9.17, 15) is 0 Å². The van der Waals surface area contributed by atoms with E-state index in [1.54, 1.807) is 6.21 Å². The van der Waals surface area contributed by atoms with E-state index < -0.39 is 0 Å². The Balaban J connectivity index is 1.20. The lowest BCUT2D eigenvalue weighted by Crippen LogP contribution is -2.21. The molecule has 1 aliphatic rings. The second kappa shape index (κ2) is 11.6. The predicted molar refractivity (Wildman–Crippen MR) is 156 cm³/mol. The number of benzene rings is 3. The van der Waals surface area contributed by atoms with Crippen LogP contribution in [0, 0.1) is 0 Å². The van der Waals surface area contributed by atoms with E-state index in [1.807, 2.05) is 72.8 Å². The van der Waals surface area contributed by atoms with Gasteiger partial charge in [-0.05, 0) is 43.2 Å². The van der Waals surface area contributed by atoms with Crippen LogP contribution in [0.5, 0.6) is 5.75 Å². The van der Waals surface area contributed by atoms with Crippen LogP contribution in [-0.2, 0) is 6.54 Å². The number of aromatic nitrogens is 4. The SMILES string of the molecule is C(=N\Nc1nc(Nc2ccccc2)nc(N2CCCC2)n1)/c1cn(CCOc2ccccc2)c2ccccc12. The normalized spacial score (nSPS) is 13.3. The monoisotopic (exact) mass is 518 g/mol. The molecule has 0 atom stereocenters. The van der Waals surface area contributed by atoms with Crippen molar-refractivity contribution in [1.82, 2.24) is 19.5 Å². The van der Waals surface area contributed by atoms with Crippen molar-refractivity contribution in [1.29, 1.82) is 0 Å². The average molecular weight is 519 g/mol. The van der Waals surface area contributed by atoms with Crippen LogP contribution in [0.4, 0.5) is 23.5 Å². The van der Waals surface area contributed by atoms with Crippen molar-refractivity contribution in [3.8, 4) is 5.75 Å². The molecule has 0 spiro atoms. The number of fused-ring (bicyclic) bond motifs is 1. The summed E-state index contributed by atoms with van der Waals surface area (Å²) in [4.78, 5) is 16.0. The molecule has 6 rings (SSSR count). The summed E-state index contributed by atoms with van der Waals surface area (Å²) in [7, 11) is 0. The first-order chi connectivity index (χ1) is 19.3. The number of hydrazone groups is 1. The molecule has 39 heavy (non-hydrogen) atoms. The maximum absolute atomic E-state index is 5.92. The molecular weight excluding hydrogens is 488 g/mol. The second-order valence-electron chi connectivity index (χ2n) is 9.29. The molecule has 5 aromatic rings. The van der Waals surface area contributed by atoms with Gasteiger partial charge in [-0.25, -0.2) is 5.43 Å². The number of nitrogens with one attached hydrogen (secondary N) is 2. The molecule has 196 valence electrons. The van der Waals surface area contributed by atoms with Crippen LogP contribution >= 0.6 is 0 Å². The summed E-state index contributed by atoms with van der Waals surface area (Å²) in [5.74, 6) is 2.38. The Labute approximate surface area is 227 Å². The van der Waals surface area contributed by atoms with Gasteiger partial charge in [-0.1, -0.05) is 54.6 Å². The van der Waals surface area contributed by atoms with Crippen molar-refractivity contribution in [2.45, 2.75) is 19.4 Å². The third-order valence-corrected chi connectivity index (χ3v) is 6.57. The summed E-state index contributed by atoms with van der Waals surface area (Å²) in [6.07, 6.45) is 6.17. The van der Waals surface area contributed by atoms with Crippen molar-refractivity contribution >= 4 is 40.6 Å². The minimum absolute atomic E-state index is 0.390. The van der Waals surface area contributed by atoms with E-state index in [4.69, 9.17) is 4.74 Å². The first kappa shape index (κ1) is 24.4. The molecule has 3 aromatic carbocycles. The van der Waals surface area contributed by atoms with Gasteiger partial charge < -0.3 is 19.5 Å². The highest BCUT2D eigenvalue weighted by Crippen LogP contribution is 2.22. The van der Waals surface area contributed by atoms with Crippen molar-refractivity contribution in [2.75, 3.05) is 35.3 Å². The van der Waals surface area contributed by atoms with Gasteiger partial charge in [0.2, 0.25) is 17.8 Å². The lowest BCUT2D eigenvalue weighted by molar-refractivity contribution is 0.300. The molecule has 0 radical (unpaired) electrons. The summed E-state index contributed by atoms with van der Waals surface area (Å²) >= 11 is 0. The first-order valence-electron chi connectivity index (χ1n) is 13.2. The highest BCUT2D eigenvalue weighted by atomic mass is 16.5. The molecule has 0 unspecified atom stereocenters. The van der Waals surface area contributed by atoms with Crippen LogP contribution in [0.2, 0.25) is 0 Å². The van der Waals surface area contributed by atoms with Gasteiger partial charge in [0.1, 0.15) is 12.4 Å². The molecule has 1 aliphatic heterocycles. The number of hydrogen-bond donors (Lipinski definition) is 2. The van der Waals surface area contributed by atoms with Gasteiger partial charge >= 0.3 is 0 Å². The summed E-state index contributed by atoms with van der Waals surface area (Å²) in [6.45, 7) is 3.16. The third-order valence-electron chi connectivity index (χ3n) is 6.57. The van der Waals surface area contributed by atoms with E-state index in [2.05, 4.69) is 58.6 Å². The van der Waals surface area contributed by atoms with Crippen molar-refractivity contribution in [3.05, 3.63) is 96.7 Å². The molecule has 1 saturated heterocycles. The number of nitrogens with zero attached hydrogens (tertiary/aromatic N) is 6. The lowest BCUT2D eigenvalue weighted by Gasteiger charge is -2.16. The Morgan fingerprint density at radius 1 is 0.821 bits per heavy atom. The van der Waals surface area contributed by atoms with Crippen LogP contribution in [0.15, 0.2) is 96.2 Å². The number of rotatable bonds is 10.